The Morgan fingerprint density at radius 2 is 2.09 bits per heavy atom. The first-order valence-corrected chi connectivity index (χ1v) is 7.40. The summed E-state index contributed by atoms with van der Waals surface area (Å²) in [5, 5.41) is 2.43. The van der Waals surface area contributed by atoms with Crippen LogP contribution in [0.5, 0.6) is 0 Å². The van der Waals surface area contributed by atoms with Crippen LogP contribution in [0.3, 0.4) is 0 Å². The zero-order chi connectivity index (χ0) is 16.7. The number of carbonyl (C=O) groups is 3. The number of fused-ring (bicyclic) bond motifs is 1. The molecule has 4 amide bonds. The van der Waals surface area contributed by atoms with Gasteiger partial charge in [0.2, 0.25) is 5.91 Å². The zero-order valence-electron chi connectivity index (χ0n) is 12.2. The van der Waals surface area contributed by atoms with E-state index in [1.165, 1.54) is 17.9 Å². The molecule has 0 aromatic heterocycles. The normalized spacial score (nSPS) is 17.3. The minimum absolute atomic E-state index is 0.0162. The molecule has 3 rings (SSSR count). The molecule has 0 radical (unpaired) electrons. The fourth-order valence-corrected chi connectivity index (χ4v) is 2.85. The minimum atomic E-state index is -0.814. The molecular formula is C15H13ClFN3O3. The lowest BCUT2D eigenvalue weighted by Gasteiger charge is -2.20. The van der Waals surface area contributed by atoms with Gasteiger partial charge in [0.15, 0.2) is 0 Å². The Balaban J connectivity index is 2.06. The minimum Gasteiger partial charge on any atom is -0.325 e. The maximum Gasteiger partial charge on any atom is 0.336 e. The fraction of sp³-hybridized carbons (Fsp3) is 0.267. The molecule has 2 heterocycles. The van der Waals surface area contributed by atoms with Gasteiger partial charge in [-0.3, -0.25) is 14.5 Å². The summed E-state index contributed by atoms with van der Waals surface area (Å²) in [6.07, 6.45) is 3.11. The van der Waals surface area contributed by atoms with E-state index in [0.717, 1.165) is 17.4 Å². The van der Waals surface area contributed by atoms with Crippen molar-refractivity contribution in [3.8, 4) is 0 Å². The molecule has 0 atom stereocenters. The van der Waals surface area contributed by atoms with Gasteiger partial charge in [0, 0.05) is 13.5 Å². The lowest BCUT2D eigenvalue weighted by Crippen LogP contribution is -2.34. The number of carbonyl (C=O) groups excluding carboxylic acids is 3. The number of halogens is 2. The smallest absolute Gasteiger partial charge is 0.325 e. The van der Waals surface area contributed by atoms with Crippen molar-refractivity contribution in [1.82, 2.24) is 4.90 Å². The third-order valence-electron chi connectivity index (χ3n) is 3.65. The highest BCUT2D eigenvalue weighted by atomic mass is 35.5. The van der Waals surface area contributed by atoms with Crippen LogP contribution in [0.1, 0.15) is 19.8 Å². The molecule has 8 heteroatoms. The summed E-state index contributed by atoms with van der Waals surface area (Å²) in [4.78, 5) is 38.1. The van der Waals surface area contributed by atoms with Crippen LogP contribution in [0.2, 0.25) is 5.02 Å². The third kappa shape index (κ3) is 2.57. The second-order valence-electron chi connectivity index (χ2n) is 5.27. The van der Waals surface area contributed by atoms with E-state index in [-0.39, 0.29) is 22.1 Å². The Bertz CT molecular complexity index is 763. The van der Waals surface area contributed by atoms with Crippen LogP contribution in [0, 0.1) is 5.82 Å². The van der Waals surface area contributed by atoms with E-state index in [0.29, 0.717) is 13.0 Å². The van der Waals surface area contributed by atoms with Crippen LogP contribution < -0.4 is 10.2 Å². The molecule has 0 saturated carbocycles. The first-order valence-electron chi connectivity index (χ1n) is 7.03. The number of imide groups is 1. The maximum absolute atomic E-state index is 14.3. The van der Waals surface area contributed by atoms with E-state index in [1.54, 1.807) is 6.08 Å². The number of benzene rings is 1. The van der Waals surface area contributed by atoms with E-state index >= 15 is 0 Å². The number of allylic oxidation sites excluding steroid dienone is 1. The Labute approximate surface area is 136 Å². The summed E-state index contributed by atoms with van der Waals surface area (Å²) in [7, 11) is 0. The van der Waals surface area contributed by atoms with E-state index in [2.05, 4.69) is 5.32 Å². The number of rotatable bonds is 2. The summed E-state index contributed by atoms with van der Waals surface area (Å²) in [6, 6.07) is 1.55. The van der Waals surface area contributed by atoms with Crippen LogP contribution in [0.25, 0.3) is 0 Å². The molecule has 1 aromatic rings. The van der Waals surface area contributed by atoms with Gasteiger partial charge in [0.1, 0.15) is 11.5 Å². The van der Waals surface area contributed by atoms with Gasteiger partial charge < -0.3 is 5.32 Å². The molecular weight excluding hydrogens is 325 g/mol. The lowest BCUT2D eigenvalue weighted by atomic mass is 10.2. The molecule has 6 nitrogen and oxygen atoms in total. The predicted octanol–water partition coefficient (Wildman–Crippen LogP) is 2.88. The molecule has 1 N–H and O–H groups in total. The monoisotopic (exact) mass is 337 g/mol. The van der Waals surface area contributed by atoms with Gasteiger partial charge in [0.25, 0.3) is 5.91 Å². The van der Waals surface area contributed by atoms with Gasteiger partial charge in [-0.15, -0.1) is 0 Å². The van der Waals surface area contributed by atoms with Crippen molar-refractivity contribution in [1.29, 1.82) is 0 Å². The second-order valence-corrected chi connectivity index (χ2v) is 5.68. The number of hydrogen-bond acceptors (Lipinski definition) is 3. The molecule has 0 spiro atoms. The molecule has 0 bridgehead atoms. The first kappa shape index (κ1) is 15.5. The highest BCUT2D eigenvalue weighted by Crippen LogP contribution is 2.36. The number of urea groups is 1. The average Bonchev–Trinajstić information content (AvgIpc) is 2.74. The molecule has 1 fully saturated rings. The molecule has 120 valence electrons. The maximum atomic E-state index is 14.3. The largest absolute Gasteiger partial charge is 0.336 e. The number of nitrogens with one attached hydrogen (secondary N) is 1. The molecule has 0 aliphatic carbocycles. The first-order chi connectivity index (χ1) is 10.9. The Morgan fingerprint density at radius 1 is 1.35 bits per heavy atom. The SMILES string of the molecule is CC(=O)Nc1cc(N2C(=O)C3=CCCCN3C2=O)c(F)cc1Cl. The molecule has 0 unspecified atom stereocenters. The molecule has 2 aliphatic heterocycles. The summed E-state index contributed by atoms with van der Waals surface area (Å²) < 4.78 is 14.3. The van der Waals surface area contributed by atoms with Gasteiger partial charge >= 0.3 is 6.03 Å². The van der Waals surface area contributed by atoms with E-state index in [9.17, 15) is 18.8 Å². The van der Waals surface area contributed by atoms with Gasteiger partial charge in [-0.2, -0.15) is 0 Å². The summed E-state index contributed by atoms with van der Waals surface area (Å²) in [5.41, 5.74) is 0.162. The number of hydrogen-bond donors (Lipinski definition) is 1. The Morgan fingerprint density at radius 3 is 2.74 bits per heavy atom. The molecule has 1 saturated heterocycles. The summed E-state index contributed by atoms with van der Waals surface area (Å²) >= 11 is 5.88. The molecule has 2 aliphatic rings. The highest BCUT2D eigenvalue weighted by molar-refractivity contribution is 6.34. The standard InChI is InChI=1S/C15H13ClFN3O3/c1-8(21)18-11-7-13(10(17)6-9(11)16)20-14(22)12-4-2-3-5-19(12)15(20)23/h4,6-7H,2-3,5H2,1H3,(H,18,21). The number of amides is 4. The van der Waals surface area contributed by atoms with Crippen molar-refractivity contribution >= 4 is 40.8 Å². The molecule has 23 heavy (non-hydrogen) atoms. The van der Waals surface area contributed by atoms with Crippen molar-refractivity contribution in [2.75, 3.05) is 16.8 Å². The zero-order valence-corrected chi connectivity index (χ0v) is 13.0. The van der Waals surface area contributed by atoms with Crippen molar-refractivity contribution in [2.45, 2.75) is 19.8 Å². The van der Waals surface area contributed by atoms with Crippen molar-refractivity contribution < 1.29 is 18.8 Å². The average molecular weight is 338 g/mol. The Hall–Kier alpha value is -2.41. The van der Waals surface area contributed by atoms with Crippen LogP contribution in [0.15, 0.2) is 23.9 Å². The quantitative estimate of drug-likeness (QED) is 0.844. The van der Waals surface area contributed by atoms with Crippen LogP contribution in [-0.4, -0.2) is 29.3 Å². The highest BCUT2D eigenvalue weighted by Gasteiger charge is 2.43. The number of nitrogens with zero attached hydrogens (tertiary/aromatic N) is 2. The number of anilines is 2. The molecule has 1 aromatic carbocycles. The van der Waals surface area contributed by atoms with Crippen LogP contribution in [-0.2, 0) is 9.59 Å². The fourth-order valence-electron chi connectivity index (χ4n) is 2.65. The van der Waals surface area contributed by atoms with E-state index < -0.39 is 23.7 Å². The van der Waals surface area contributed by atoms with Crippen LogP contribution in [0.4, 0.5) is 20.6 Å². The summed E-state index contributed by atoms with van der Waals surface area (Å²) in [6.45, 7) is 1.69. The Kier molecular flexibility index (Phi) is 3.81. The van der Waals surface area contributed by atoms with Gasteiger partial charge in [-0.1, -0.05) is 17.7 Å². The summed E-state index contributed by atoms with van der Waals surface area (Å²) in [5.74, 6) is -1.79. The van der Waals surface area contributed by atoms with Gasteiger partial charge in [-0.05, 0) is 25.0 Å². The van der Waals surface area contributed by atoms with Crippen molar-refractivity contribution in [3.05, 3.63) is 34.7 Å². The van der Waals surface area contributed by atoms with Gasteiger partial charge in [-0.25, -0.2) is 14.1 Å². The predicted molar refractivity (Wildman–Crippen MR) is 82.6 cm³/mol. The third-order valence-corrected chi connectivity index (χ3v) is 3.96. The lowest BCUT2D eigenvalue weighted by molar-refractivity contribution is -0.115. The van der Waals surface area contributed by atoms with E-state index in [1.807, 2.05) is 0 Å². The van der Waals surface area contributed by atoms with Crippen molar-refractivity contribution in [2.24, 2.45) is 0 Å². The van der Waals surface area contributed by atoms with Crippen LogP contribution >= 0.6 is 11.6 Å². The van der Waals surface area contributed by atoms with Gasteiger partial charge in [0.05, 0.1) is 16.4 Å². The van der Waals surface area contributed by atoms with Crippen molar-refractivity contribution in [3.63, 3.8) is 0 Å². The topological polar surface area (TPSA) is 69.7 Å². The second kappa shape index (κ2) is 5.66. The van der Waals surface area contributed by atoms with E-state index in [4.69, 9.17) is 11.6 Å².